The van der Waals surface area contributed by atoms with Gasteiger partial charge in [0, 0.05) is 22.6 Å². The van der Waals surface area contributed by atoms with Crippen molar-refractivity contribution in [3.05, 3.63) is 101 Å². The number of amides is 1. The van der Waals surface area contributed by atoms with E-state index in [-0.39, 0.29) is 18.1 Å². The molecule has 0 saturated carbocycles. The lowest BCUT2D eigenvalue weighted by Gasteiger charge is -2.11. The average Bonchev–Trinajstić information content (AvgIpc) is 2.68. The molecule has 0 aliphatic rings. The molecule has 0 aliphatic heterocycles. The van der Waals surface area contributed by atoms with Gasteiger partial charge in [0.05, 0.1) is 5.69 Å². The highest BCUT2D eigenvalue weighted by Crippen LogP contribution is 2.21. The maximum atomic E-state index is 12.7. The van der Waals surface area contributed by atoms with Gasteiger partial charge in [-0.15, -0.1) is 0 Å². The molecule has 0 aromatic heterocycles. The smallest absolute Gasteiger partial charge is 0.224 e. The summed E-state index contributed by atoms with van der Waals surface area (Å²) in [7, 11) is 0. The number of nitrogens with one attached hydrogen (secondary N) is 1. The topological polar surface area (TPSA) is 46.2 Å². The molecule has 0 spiro atoms. The third-order valence-electron chi connectivity index (χ3n) is 4.06. The van der Waals surface area contributed by atoms with Gasteiger partial charge >= 0.3 is 0 Å². The molecule has 0 radical (unpaired) electrons. The second-order valence-corrected chi connectivity index (χ2v) is 6.29. The molecule has 0 fully saturated rings. The SMILES string of the molecule is O=C(CCc1ccccc1Cl)Nc1ccccc1C(=O)c1ccccc1. The van der Waals surface area contributed by atoms with E-state index in [1.54, 1.807) is 36.4 Å². The van der Waals surface area contributed by atoms with Crippen molar-refractivity contribution in [3.8, 4) is 0 Å². The third-order valence-corrected chi connectivity index (χ3v) is 4.43. The molecule has 3 nitrogen and oxygen atoms in total. The number of benzene rings is 3. The number of anilines is 1. The third kappa shape index (κ3) is 4.38. The number of hydrogen-bond acceptors (Lipinski definition) is 2. The minimum absolute atomic E-state index is 0.118. The Bertz CT molecular complexity index is 922. The van der Waals surface area contributed by atoms with Crippen LogP contribution in [0.4, 0.5) is 5.69 Å². The van der Waals surface area contributed by atoms with Crippen LogP contribution in [0.2, 0.25) is 5.02 Å². The van der Waals surface area contributed by atoms with Crippen LogP contribution in [0.3, 0.4) is 0 Å². The van der Waals surface area contributed by atoms with Crippen molar-refractivity contribution < 1.29 is 9.59 Å². The van der Waals surface area contributed by atoms with Crippen LogP contribution in [0.25, 0.3) is 0 Å². The lowest BCUT2D eigenvalue weighted by Crippen LogP contribution is -2.15. The zero-order valence-electron chi connectivity index (χ0n) is 14.1. The summed E-state index contributed by atoms with van der Waals surface area (Å²) in [4.78, 5) is 25.0. The number of halogens is 1. The van der Waals surface area contributed by atoms with Crippen LogP contribution in [0.5, 0.6) is 0 Å². The first-order valence-electron chi connectivity index (χ1n) is 8.37. The molecule has 0 heterocycles. The Hall–Kier alpha value is -2.91. The molecule has 26 heavy (non-hydrogen) atoms. The molecular formula is C22H18ClNO2. The van der Waals surface area contributed by atoms with Gasteiger partial charge in [-0.3, -0.25) is 9.59 Å². The Labute approximate surface area is 157 Å². The van der Waals surface area contributed by atoms with Crippen LogP contribution >= 0.6 is 11.6 Å². The second kappa shape index (κ2) is 8.45. The highest BCUT2D eigenvalue weighted by molar-refractivity contribution is 6.31. The van der Waals surface area contributed by atoms with E-state index in [1.165, 1.54) is 0 Å². The van der Waals surface area contributed by atoms with E-state index >= 15 is 0 Å². The summed E-state index contributed by atoms with van der Waals surface area (Å²) in [5, 5.41) is 3.50. The summed E-state index contributed by atoms with van der Waals surface area (Å²) in [5.74, 6) is -0.272. The number of carbonyl (C=O) groups excluding carboxylic acids is 2. The van der Waals surface area contributed by atoms with Gasteiger partial charge in [0.2, 0.25) is 5.91 Å². The minimum atomic E-state index is -0.154. The second-order valence-electron chi connectivity index (χ2n) is 5.88. The van der Waals surface area contributed by atoms with Gasteiger partial charge in [-0.05, 0) is 30.2 Å². The van der Waals surface area contributed by atoms with E-state index < -0.39 is 0 Å². The summed E-state index contributed by atoms with van der Waals surface area (Å²) in [5.41, 5.74) is 2.51. The molecule has 1 amide bonds. The van der Waals surface area contributed by atoms with Crippen LogP contribution < -0.4 is 5.32 Å². The average molecular weight is 364 g/mol. The van der Waals surface area contributed by atoms with Crippen molar-refractivity contribution in [2.45, 2.75) is 12.8 Å². The summed E-state index contributed by atoms with van der Waals surface area (Å²) < 4.78 is 0. The van der Waals surface area contributed by atoms with E-state index in [4.69, 9.17) is 11.6 Å². The van der Waals surface area contributed by atoms with Crippen molar-refractivity contribution >= 4 is 29.0 Å². The molecule has 3 rings (SSSR count). The fourth-order valence-corrected chi connectivity index (χ4v) is 2.93. The first-order valence-corrected chi connectivity index (χ1v) is 8.75. The van der Waals surface area contributed by atoms with Gasteiger partial charge in [0.1, 0.15) is 0 Å². The van der Waals surface area contributed by atoms with Crippen molar-refractivity contribution in [2.24, 2.45) is 0 Å². The Morgan fingerprint density at radius 2 is 1.46 bits per heavy atom. The zero-order valence-corrected chi connectivity index (χ0v) is 14.9. The van der Waals surface area contributed by atoms with Gasteiger partial charge in [-0.2, -0.15) is 0 Å². The van der Waals surface area contributed by atoms with Crippen LogP contribution in [0.15, 0.2) is 78.9 Å². The first kappa shape index (κ1) is 17.9. The minimum Gasteiger partial charge on any atom is -0.325 e. The van der Waals surface area contributed by atoms with E-state index in [0.29, 0.717) is 28.3 Å². The van der Waals surface area contributed by atoms with Crippen LogP contribution in [0.1, 0.15) is 27.9 Å². The quantitative estimate of drug-likeness (QED) is 0.616. The molecule has 3 aromatic carbocycles. The van der Waals surface area contributed by atoms with Crippen molar-refractivity contribution in [2.75, 3.05) is 5.32 Å². The normalized spacial score (nSPS) is 10.3. The van der Waals surface area contributed by atoms with Crippen LogP contribution in [0, 0.1) is 0 Å². The van der Waals surface area contributed by atoms with Crippen LogP contribution in [-0.4, -0.2) is 11.7 Å². The molecule has 0 unspecified atom stereocenters. The Balaban J connectivity index is 1.71. The molecule has 0 saturated heterocycles. The number of aryl methyl sites for hydroxylation is 1. The van der Waals surface area contributed by atoms with Gasteiger partial charge in [-0.1, -0.05) is 72.3 Å². The Morgan fingerprint density at radius 3 is 2.23 bits per heavy atom. The summed E-state index contributed by atoms with van der Waals surface area (Å²) >= 11 is 6.13. The van der Waals surface area contributed by atoms with E-state index in [2.05, 4.69) is 5.32 Å². The van der Waals surface area contributed by atoms with Gasteiger partial charge in [-0.25, -0.2) is 0 Å². The number of ketones is 1. The fourth-order valence-electron chi connectivity index (χ4n) is 2.70. The monoisotopic (exact) mass is 363 g/mol. The van der Waals surface area contributed by atoms with Gasteiger partial charge < -0.3 is 5.32 Å². The molecule has 130 valence electrons. The fraction of sp³-hybridized carbons (Fsp3) is 0.0909. The standard InChI is InChI=1S/C22H18ClNO2/c23-19-12-6-4-8-16(19)14-15-21(25)24-20-13-7-5-11-18(20)22(26)17-9-2-1-3-10-17/h1-13H,14-15H2,(H,24,25). The predicted octanol–water partition coefficient (Wildman–Crippen LogP) is 5.14. The molecule has 0 aliphatic carbocycles. The molecule has 0 bridgehead atoms. The highest BCUT2D eigenvalue weighted by Gasteiger charge is 2.14. The molecular weight excluding hydrogens is 346 g/mol. The van der Waals surface area contributed by atoms with Gasteiger partial charge in [0.25, 0.3) is 0 Å². The van der Waals surface area contributed by atoms with E-state index in [9.17, 15) is 9.59 Å². The highest BCUT2D eigenvalue weighted by atomic mass is 35.5. The first-order chi connectivity index (χ1) is 12.6. The molecule has 1 N–H and O–H groups in total. The number of carbonyl (C=O) groups is 2. The summed E-state index contributed by atoms with van der Waals surface area (Å²) in [6, 6.07) is 23.5. The largest absolute Gasteiger partial charge is 0.325 e. The lowest BCUT2D eigenvalue weighted by molar-refractivity contribution is -0.116. The number of rotatable bonds is 6. The molecule has 0 atom stereocenters. The van der Waals surface area contributed by atoms with E-state index in [0.717, 1.165) is 5.56 Å². The lowest BCUT2D eigenvalue weighted by atomic mass is 10.0. The number of para-hydroxylation sites is 1. The maximum Gasteiger partial charge on any atom is 0.224 e. The number of hydrogen-bond donors (Lipinski definition) is 1. The molecule has 4 heteroatoms. The van der Waals surface area contributed by atoms with Gasteiger partial charge in [0.15, 0.2) is 5.78 Å². The van der Waals surface area contributed by atoms with Crippen molar-refractivity contribution in [1.82, 2.24) is 0 Å². The van der Waals surface area contributed by atoms with Crippen LogP contribution in [-0.2, 0) is 11.2 Å². The van der Waals surface area contributed by atoms with Crippen molar-refractivity contribution in [1.29, 1.82) is 0 Å². The predicted molar refractivity (Wildman–Crippen MR) is 105 cm³/mol. The van der Waals surface area contributed by atoms with E-state index in [1.807, 2.05) is 42.5 Å². The summed E-state index contributed by atoms with van der Waals surface area (Å²) in [6.45, 7) is 0. The van der Waals surface area contributed by atoms with Crippen molar-refractivity contribution in [3.63, 3.8) is 0 Å². The summed E-state index contributed by atoms with van der Waals surface area (Å²) in [6.07, 6.45) is 0.831. The Kier molecular flexibility index (Phi) is 5.82. The molecule has 3 aromatic rings. The Morgan fingerprint density at radius 1 is 0.808 bits per heavy atom. The zero-order chi connectivity index (χ0) is 18.4. The maximum absolute atomic E-state index is 12.7.